The number of aliphatic hydroxyl groups is 1. The number of hydrogen-bond acceptors (Lipinski definition) is 15. The first-order chi connectivity index (χ1) is 49.1. The van der Waals surface area contributed by atoms with E-state index in [9.17, 15) is 43.2 Å². The minimum absolute atomic E-state index is 0.107. The van der Waals surface area contributed by atoms with Crippen LogP contribution in [0, 0.1) is 23.7 Å². The molecule has 19 heteroatoms. The number of ether oxygens (including phenoxy) is 4. The summed E-state index contributed by atoms with van der Waals surface area (Å²) in [7, 11) is -9.93. The van der Waals surface area contributed by atoms with Crippen molar-refractivity contribution in [3.63, 3.8) is 0 Å². The Morgan fingerprint density at radius 3 is 0.696 bits per heavy atom. The standard InChI is InChI=1S/C83H162O17P2/c1-9-76(8)62-54-46-38-33-34-40-48-56-64-81(86)94-70-79(100-83(88)66-58-50-42-32-26-20-14-17-23-29-37-45-53-61-75(6)7)72-98-102(91,92)96-68-77(84)67-95-101(89,90)97-71-78(99-82(87)65-57-49-41-31-25-19-13-11-16-22-28-36-44-52-60-74(4)5)69-93-80(85)63-55-47-39-30-24-18-12-10-15-21-27-35-43-51-59-73(2)3/h73-79,84H,9-72H2,1-8H3,(H,89,90)(H,91,92)/t76?,77-,78-,79-/m1/s1. The second kappa shape index (κ2) is 72.0. The average molecular weight is 1490 g/mol. The van der Waals surface area contributed by atoms with E-state index in [0.29, 0.717) is 25.7 Å². The minimum Gasteiger partial charge on any atom is -0.462 e. The maximum Gasteiger partial charge on any atom is 0.472 e. The van der Waals surface area contributed by atoms with Crippen molar-refractivity contribution in [3.8, 4) is 0 Å². The van der Waals surface area contributed by atoms with Crippen LogP contribution in [-0.2, 0) is 65.4 Å². The maximum absolute atomic E-state index is 13.1. The Morgan fingerprint density at radius 2 is 0.471 bits per heavy atom. The van der Waals surface area contributed by atoms with Gasteiger partial charge in [0.25, 0.3) is 0 Å². The lowest BCUT2D eigenvalue weighted by atomic mass is 9.99. The third kappa shape index (κ3) is 74.9. The summed E-state index contributed by atoms with van der Waals surface area (Å²) in [5.74, 6) is 1.05. The van der Waals surface area contributed by atoms with Gasteiger partial charge in [-0.15, -0.1) is 0 Å². The Hall–Kier alpha value is -1.94. The Balaban J connectivity index is 5.28. The van der Waals surface area contributed by atoms with Gasteiger partial charge >= 0.3 is 39.5 Å². The van der Waals surface area contributed by atoms with Crippen molar-refractivity contribution in [1.82, 2.24) is 0 Å². The highest BCUT2D eigenvalue weighted by molar-refractivity contribution is 7.47. The first-order valence-corrected chi connectivity index (χ1v) is 45.7. The van der Waals surface area contributed by atoms with Crippen LogP contribution in [-0.4, -0.2) is 96.7 Å². The summed E-state index contributed by atoms with van der Waals surface area (Å²) in [4.78, 5) is 73.2. The van der Waals surface area contributed by atoms with Gasteiger partial charge < -0.3 is 33.8 Å². The highest BCUT2D eigenvalue weighted by Gasteiger charge is 2.30. The molecule has 0 saturated heterocycles. The molecule has 0 aliphatic rings. The molecule has 0 spiro atoms. The fraction of sp³-hybridized carbons (Fsp3) is 0.952. The smallest absolute Gasteiger partial charge is 0.462 e. The molecule has 0 saturated carbocycles. The number of hydrogen-bond donors (Lipinski definition) is 3. The van der Waals surface area contributed by atoms with E-state index in [1.165, 1.54) is 231 Å². The monoisotopic (exact) mass is 1490 g/mol. The van der Waals surface area contributed by atoms with Crippen LogP contribution in [0.15, 0.2) is 0 Å². The molecule has 0 rings (SSSR count). The first kappa shape index (κ1) is 100. The molecule has 0 bridgehead atoms. The van der Waals surface area contributed by atoms with Crippen LogP contribution < -0.4 is 0 Å². The predicted molar refractivity (Wildman–Crippen MR) is 418 cm³/mol. The lowest BCUT2D eigenvalue weighted by molar-refractivity contribution is -0.161. The molecule has 0 heterocycles. The van der Waals surface area contributed by atoms with Crippen molar-refractivity contribution in [2.75, 3.05) is 39.6 Å². The molecule has 6 atom stereocenters. The number of esters is 4. The molecule has 0 fully saturated rings. The second-order valence-electron chi connectivity index (χ2n) is 31.5. The lowest BCUT2D eigenvalue weighted by Gasteiger charge is -2.21. The molecule has 0 amide bonds. The van der Waals surface area contributed by atoms with Gasteiger partial charge in [0.2, 0.25) is 0 Å². The SMILES string of the molecule is CCC(C)CCCCCCCCCCC(=O)OC[C@H](COP(=O)(O)OC[C@H](O)COP(=O)(O)OC[C@@H](COC(=O)CCCCCCCCCCCCCCCCC(C)C)OC(=O)CCCCCCCCCCCCCCCCC(C)C)OC(=O)CCCCCCCCCCCCCCCC(C)C. The molecule has 3 unspecified atom stereocenters. The van der Waals surface area contributed by atoms with E-state index < -0.39 is 97.5 Å². The van der Waals surface area contributed by atoms with Crippen LogP contribution in [0.1, 0.15) is 428 Å². The molecule has 606 valence electrons. The van der Waals surface area contributed by atoms with Crippen LogP contribution in [0.3, 0.4) is 0 Å². The van der Waals surface area contributed by atoms with Crippen LogP contribution in [0.5, 0.6) is 0 Å². The fourth-order valence-electron chi connectivity index (χ4n) is 12.8. The van der Waals surface area contributed by atoms with Gasteiger partial charge in [-0.1, -0.05) is 376 Å². The second-order valence-corrected chi connectivity index (χ2v) is 34.4. The van der Waals surface area contributed by atoms with E-state index in [4.69, 9.17) is 37.0 Å². The van der Waals surface area contributed by atoms with E-state index >= 15 is 0 Å². The van der Waals surface area contributed by atoms with Crippen molar-refractivity contribution in [1.29, 1.82) is 0 Å². The van der Waals surface area contributed by atoms with Gasteiger partial charge in [0.15, 0.2) is 12.2 Å². The Bertz CT molecular complexity index is 1990. The Labute approximate surface area is 626 Å². The number of aliphatic hydroxyl groups excluding tert-OH is 1. The molecule has 0 aromatic carbocycles. The number of carbonyl (C=O) groups excluding carboxylic acids is 4. The molecule has 3 N–H and O–H groups in total. The quantitative estimate of drug-likeness (QED) is 0.0222. The molecule has 102 heavy (non-hydrogen) atoms. The molecule has 0 aromatic rings. The third-order valence-electron chi connectivity index (χ3n) is 19.7. The highest BCUT2D eigenvalue weighted by Crippen LogP contribution is 2.45. The zero-order chi connectivity index (χ0) is 75.3. The molecule has 0 aromatic heterocycles. The van der Waals surface area contributed by atoms with Gasteiger partial charge in [0.1, 0.15) is 19.3 Å². The highest BCUT2D eigenvalue weighted by atomic mass is 31.2. The number of unbranched alkanes of at least 4 members (excludes halogenated alkanes) is 45. The Kier molecular flexibility index (Phi) is 70.6. The number of carbonyl (C=O) groups is 4. The van der Waals surface area contributed by atoms with E-state index in [-0.39, 0.29) is 25.7 Å². The van der Waals surface area contributed by atoms with E-state index in [1.54, 1.807) is 0 Å². The van der Waals surface area contributed by atoms with Gasteiger partial charge in [-0.3, -0.25) is 37.3 Å². The molecular formula is C83H162O17P2. The lowest BCUT2D eigenvalue weighted by Crippen LogP contribution is -2.30. The normalized spacial score (nSPS) is 14.3. The van der Waals surface area contributed by atoms with Gasteiger partial charge in [-0.05, 0) is 49.4 Å². The maximum atomic E-state index is 13.1. The van der Waals surface area contributed by atoms with Crippen molar-refractivity contribution in [2.24, 2.45) is 23.7 Å². The molecular weight excluding hydrogens is 1330 g/mol. The van der Waals surface area contributed by atoms with Crippen molar-refractivity contribution >= 4 is 39.5 Å². The molecule has 0 aliphatic heterocycles. The number of rotatable bonds is 80. The third-order valence-corrected chi connectivity index (χ3v) is 21.6. The van der Waals surface area contributed by atoms with Crippen LogP contribution in [0.4, 0.5) is 0 Å². The Morgan fingerprint density at radius 1 is 0.275 bits per heavy atom. The largest absolute Gasteiger partial charge is 0.472 e. The van der Waals surface area contributed by atoms with Crippen LogP contribution in [0.2, 0.25) is 0 Å². The van der Waals surface area contributed by atoms with Crippen molar-refractivity contribution in [3.05, 3.63) is 0 Å². The van der Waals surface area contributed by atoms with E-state index in [0.717, 1.165) is 114 Å². The van der Waals surface area contributed by atoms with E-state index in [2.05, 4.69) is 55.4 Å². The van der Waals surface area contributed by atoms with Crippen molar-refractivity contribution < 1.29 is 80.2 Å². The summed E-state index contributed by atoms with van der Waals surface area (Å²) in [5, 5.41) is 10.7. The van der Waals surface area contributed by atoms with Crippen molar-refractivity contribution in [2.45, 2.75) is 446 Å². The summed E-state index contributed by atoms with van der Waals surface area (Å²) in [6, 6.07) is 0. The molecule has 0 aliphatic carbocycles. The van der Waals surface area contributed by atoms with Gasteiger partial charge in [0, 0.05) is 25.7 Å². The summed E-state index contributed by atoms with van der Waals surface area (Å²) < 4.78 is 68.8. The summed E-state index contributed by atoms with van der Waals surface area (Å²) in [6.45, 7) is 14.3. The van der Waals surface area contributed by atoms with Crippen LogP contribution >= 0.6 is 15.6 Å². The predicted octanol–water partition coefficient (Wildman–Crippen LogP) is 24.8. The summed E-state index contributed by atoms with van der Waals surface area (Å²) >= 11 is 0. The number of phosphoric ester groups is 2. The minimum atomic E-state index is -4.96. The zero-order valence-corrected chi connectivity index (χ0v) is 69.0. The zero-order valence-electron chi connectivity index (χ0n) is 67.2. The average Bonchev–Trinajstić information content (AvgIpc) is 0.917. The topological polar surface area (TPSA) is 237 Å². The van der Waals surface area contributed by atoms with Crippen LogP contribution in [0.25, 0.3) is 0 Å². The molecule has 17 nitrogen and oxygen atoms in total. The fourth-order valence-corrected chi connectivity index (χ4v) is 14.3. The van der Waals surface area contributed by atoms with Gasteiger partial charge in [-0.25, -0.2) is 9.13 Å². The number of phosphoric acid groups is 2. The van der Waals surface area contributed by atoms with E-state index in [1.807, 2.05) is 0 Å². The van der Waals surface area contributed by atoms with Gasteiger partial charge in [0.05, 0.1) is 26.4 Å². The molecule has 0 radical (unpaired) electrons. The summed E-state index contributed by atoms with van der Waals surface area (Å²) in [5.41, 5.74) is 0. The first-order valence-electron chi connectivity index (χ1n) is 42.7. The van der Waals surface area contributed by atoms with Gasteiger partial charge in [-0.2, -0.15) is 0 Å². The summed E-state index contributed by atoms with van der Waals surface area (Å²) in [6.07, 6.45) is 59.5.